The Morgan fingerprint density at radius 2 is 2.00 bits per heavy atom. The molecule has 0 saturated heterocycles. The van der Waals surface area contributed by atoms with E-state index in [9.17, 15) is 4.79 Å². The maximum atomic E-state index is 13.1. The molecule has 0 saturated carbocycles. The van der Waals surface area contributed by atoms with Crippen LogP contribution in [-0.4, -0.2) is 24.1 Å². The molecule has 0 fully saturated rings. The van der Waals surface area contributed by atoms with E-state index in [2.05, 4.69) is 15.1 Å². The molecule has 0 aliphatic carbocycles. The molecule has 0 spiro atoms. The minimum Gasteiger partial charge on any atom is -0.332 e. The van der Waals surface area contributed by atoms with Crippen LogP contribution in [0.2, 0.25) is 0 Å². The van der Waals surface area contributed by atoms with Crippen LogP contribution in [0.1, 0.15) is 5.82 Å². The summed E-state index contributed by atoms with van der Waals surface area (Å²) < 4.78 is 8.74. The number of fused-ring (bicyclic) bond motifs is 3. The van der Waals surface area contributed by atoms with Gasteiger partial charge in [0.25, 0.3) is 11.4 Å². The number of benzene rings is 1. The van der Waals surface area contributed by atoms with Gasteiger partial charge in [0.1, 0.15) is 11.2 Å². The van der Waals surface area contributed by atoms with E-state index in [0.29, 0.717) is 28.4 Å². The van der Waals surface area contributed by atoms with Crippen LogP contribution < -0.4 is 5.56 Å². The van der Waals surface area contributed by atoms with E-state index >= 15 is 0 Å². The van der Waals surface area contributed by atoms with Gasteiger partial charge in [0, 0.05) is 18.0 Å². The van der Waals surface area contributed by atoms with E-state index in [1.807, 2.05) is 40.1 Å². The van der Waals surface area contributed by atoms with E-state index in [0.717, 1.165) is 16.0 Å². The van der Waals surface area contributed by atoms with Crippen LogP contribution in [0.5, 0.6) is 0 Å². The molecule has 4 heterocycles. The largest absolute Gasteiger partial charge is 0.332 e. The lowest BCUT2D eigenvalue weighted by atomic mass is 10.1. The first kappa shape index (κ1) is 15.0. The van der Waals surface area contributed by atoms with Crippen molar-refractivity contribution in [2.75, 3.05) is 0 Å². The van der Waals surface area contributed by atoms with Gasteiger partial charge in [-0.2, -0.15) is 4.98 Å². The highest BCUT2D eigenvalue weighted by atomic mass is 32.1. The van der Waals surface area contributed by atoms with Crippen molar-refractivity contribution in [2.45, 2.75) is 6.92 Å². The number of aryl methyl sites for hydroxylation is 2. The first-order chi connectivity index (χ1) is 12.6. The van der Waals surface area contributed by atoms with Gasteiger partial charge in [-0.1, -0.05) is 35.5 Å². The van der Waals surface area contributed by atoms with Crippen LogP contribution in [0.15, 0.2) is 51.4 Å². The highest BCUT2D eigenvalue weighted by Gasteiger charge is 2.21. The summed E-state index contributed by atoms with van der Waals surface area (Å²) in [4.78, 5) is 22.7. The van der Waals surface area contributed by atoms with Crippen LogP contribution in [0.25, 0.3) is 38.6 Å². The predicted molar refractivity (Wildman–Crippen MR) is 99.3 cm³/mol. The maximum absolute atomic E-state index is 13.1. The Bertz CT molecular complexity index is 1330. The molecule has 8 heteroatoms. The Morgan fingerprint density at radius 3 is 2.73 bits per heavy atom. The van der Waals surface area contributed by atoms with Gasteiger partial charge < -0.3 is 4.52 Å². The molecule has 0 amide bonds. The van der Waals surface area contributed by atoms with Gasteiger partial charge in [0.2, 0.25) is 0 Å². The minimum atomic E-state index is -0.0782. The van der Waals surface area contributed by atoms with Gasteiger partial charge in [-0.3, -0.25) is 13.8 Å². The predicted octanol–water partition coefficient (Wildman–Crippen LogP) is 3.27. The molecule has 5 rings (SSSR count). The molecule has 0 radical (unpaired) electrons. The zero-order chi connectivity index (χ0) is 17.8. The van der Waals surface area contributed by atoms with Crippen molar-refractivity contribution < 1.29 is 4.52 Å². The van der Waals surface area contributed by atoms with Gasteiger partial charge in [-0.25, -0.2) is 4.98 Å². The molecule has 0 unspecified atom stereocenters. The van der Waals surface area contributed by atoms with Crippen molar-refractivity contribution in [1.29, 1.82) is 0 Å². The van der Waals surface area contributed by atoms with Crippen molar-refractivity contribution in [3.63, 3.8) is 0 Å². The number of nitrogens with zero attached hydrogens (tertiary/aromatic N) is 5. The number of aromatic nitrogens is 5. The first-order valence-corrected chi connectivity index (χ1v) is 8.86. The van der Waals surface area contributed by atoms with E-state index in [-0.39, 0.29) is 5.56 Å². The summed E-state index contributed by atoms with van der Waals surface area (Å²) in [7, 11) is 1.73. The van der Waals surface area contributed by atoms with Crippen molar-refractivity contribution >= 4 is 27.2 Å². The molecule has 0 bridgehead atoms. The van der Waals surface area contributed by atoms with Gasteiger partial charge in [-0.15, -0.1) is 11.3 Å². The second-order valence-electron chi connectivity index (χ2n) is 5.99. The number of hydrogen-bond donors (Lipinski definition) is 0. The van der Waals surface area contributed by atoms with E-state index < -0.39 is 0 Å². The Labute approximate surface area is 151 Å². The van der Waals surface area contributed by atoms with Crippen molar-refractivity contribution in [3.05, 3.63) is 58.2 Å². The summed E-state index contributed by atoms with van der Waals surface area (Å²) in [6.07, 6.45) is 1.69. The fraction of sp³-hybridized carbons (Fsp3) is 0.111. The Balaban J connectivity index is 1.88. The van der Waals surface area contributed by atoms with E-state index in [1.54, 1.807) is 24.9 Å². The molecule has 4 aromatic heterocycles. The van der Waals surface area contributed by atoms with Crippen LogP contribution in [0, 0.1) is 6.92 Å². The maximum Gasteiger partial charge on any atom is 0.280 e. The Morgan fingerprint density at radius 1 is 1.19 bits per heavy atom. The standard InChI is InChI=1S/C18H13N5O2S/c1-10-20-15(25-21-10)14-16-22(2)17(24)13-12(11-6-4-3-5-7-11)8-26-18(13)23(16)9-19-14/h3-9H,1-2H3. The van der Waals surface area contributed by atoms with Crippen LogP contribution in [-0.2, 0) is 7.05 Å². The van der Waals surface area contributed by atoms with Crippen molar-refractivity contribution in [3.8, 4) is 22.7 Å². The third-order valence-electron chi connectivity index (χ3n) is 4.38. The summed E-state index contributed by atoms with van der Waals surface area (Å²) in [5, 5.41) is 6.51. The molecule has 128 valence electrons. The Kier molecular flexibility index (Phi) is 3.10. The van der Waals surface area contributed by atoms with E-state index in [1.165, 1.54) is 11.3 Å². The van der Waals surface area contributed by atoms with Crippen LogP contribution in [0.3, 0.4) is 0 Å². The molecular formula is C18H13N5O2S. The number of rotatable bonds is 2. The second kappa shape index (κ2) is 5.37. The molecule has 0 aliphatic rings. The molecular weight excluding hydrogens is 350 g/mol. The topological polar surface area (TPSA) is 78.2 Å². The monoisotopic (exact) mass is 363 g/mol. The summed E-state index contributed by atoms with van der Waals surface area (Å²) in [6.45, 7) is 1.74. The molecule has 1 aromatic carbocycles. The quantitative estimate of drug-likeness (QED) is 0.481. The summed E-state index contributed by atoms with van der Waals surface area (Å²) in [5.74, 6) is 0.828. The molecule has 26 heavy (non-hydrogen) atoms. The lowest BCUT2D eigenvalue weighted by molar-refractivity contribution is 0.424. The van der Waals surface area contributed by atoms with Gasteiger partial charge in [0.15, 0.2) is 17.2 Å². The van der Waals surface area contributed by atoms with Crippen molar-refractivity contribution in [2.24, 2.45) is 7.05 Å². The first-order valence-electron chi connectivity index (χ1n) is 7.98. The highest BCUT2D eigenvalue weighted by molar-refractivity contribution is 7.17. The third kappa shape index (κ3) is 1.99. The van der Waals surface area contributed by atoms with Crippen molar-refractivity contribution in [1.82, 2.24) is 24.1 Å². The molecule has 5 aromatic rings. The zero-order valence-electron chi connectivity index (χ0n) is 14.0. The fourth-order valence-corrected chi connectivity index (χ4v) is 4.23. The molecule has 0 aliphatic heterocycles. The van der Waals surface area contributed by atoms with Crippen LogP contribution >= 0.6 is 11.3 Å². The average Bonchev–Trinajstić information content (AvgIpc) is 3.37. The summed E-state index contributed by atoms with van der Waals surface area (Å²) in [5.41, 5.74) is 3.00. The fourth-order valence-electron chi connectivity index (χ4n) is 3.18. The number of thiophene rings is 1. The summed E-state index contributed by atoms with van der Waals surface area (Å²) in [6, 6.07) is 9.91. The van der Waals surface area contributed by atoms with E-state index in [4.69, 9.17) is 4.52 Å². The second-order valence-corrected chi connectivity index (χ2v) is 6.85. The highest BCUT2D eigenvalue weighted by Crippen LogP contribution is 2.33. The molecule has 7 nitrogen and oxygen atoms in total. The number of imidazole rings is 1. The number of hydrogen-bond acceptors (Lipinski definition) is 6. The van der Waals surface area contributed by atoms with Gasteiger partial charge in [0.05, 0.1) is 5.39 Å². The van der Waals surface area contributed by atoms with Crippen LogP contribution in [0.4, 0.5) is 0 Å². The molecule has 0 N–H and O–H groups in total. The summed E-state index contributed by atoms with van der Waals surface area (Å²) >= 11 is 1.52. The SMILES string of the molecule is Cc1noc(-c2ncn3c4scc(-c5ccccc5)c4c(=O)n(C)c23)n1. The van der Waals surface area contributed by atoms with Gasteiger partial charge in [-0.05, 0) is 12.5 Å². The average molecular weight is 363 g/mol. The lowest BCUT2D eigenvalue weighted by Gasteiger charge is -2.06. The lowest BCUT2D eigenvalue weighted by Crippen LogP contribution is -2.19. The Hall–Kier alpha value is -3.26. The minimum absolute atomic E-state index is 0.0782. The van der Waals surface area contributed by atoms with Gasteiger partial charge >= 0.3 is 0 Å². The normalized spacial score (nSPS) is 11.6. The molecule has 0 atom stereocenters. The zero-order valence-corrected chi connectivity index (χ0v) is 14.8. The third-order valence-corrected chi connectivity index (χ3v) is 5.36. The smallest absolute Gasteiger partial charge is 0.280 e.